The molecule has 1 unspecified atom stereocenters. The van der Waals surface area contributed by atoms with E-state index in [2.05, 4.69) is 10.4 Å². The lowest BCUT2D eigenvalue weighted by molar-refractivity contribution is -0.175. The number of primary amides is 1. The molecule has 212 valence electrons. The van der Waals surface area contributed by atoms with Crippen LogP contribution in [0.3, 0.4) is 0 Å². The maximum absolute atomic E-state index is 15.3. The van der Waals surface area contributed by atoms with Crippen molar-refractivity contribution >= 4 is 29.2 Å². The fraction of sp³-hybridized carbons (Fsp3) is 0.357. The van der Waals surface area contributed by atoms with Crippen LogP contribution in [0.4, 0.5) is 15.8 Å². The molecule has 2 aromatic carbocycles. The van der Waals surface area contributed by atoms with Crippen LogP contribution in [0, 0.1) is 5.82 Å². The molecule has 2 amide bonds. The Hall–Kier alpha value is -4.45. The number of aromatic nitrogens is 2. The highest BCUT2D eigenvalue weighted by Crippen LogP contribution is 2.32. The first-order chi connectivity index (χ1) is 18.8. The van der Waals surface area contributed by atoms with Crippen molar-refractivity contribution in [1.82, 2.24) is 9.78 Å². The summed E-state index contributed by atoms with van der Waals surface area (Å²) in [5.41, 5.74) is 4.48. The van der Waals surface area contributed by atoms with Gasteiger partial charge in [0.15, 0.2) is 5.69 Å². The lowest BCUT2D eigenvalue weighted by Crippen LogP contribution is -2.49. The number of hydrogen-bond donors (Lipinski definition) is 2. The smallest absolute Gasteiger partial charge is 0.359 e. The fourth-order valence-electron chi connectivity index (χ4n) is 4.31. The van der Waals surface area contributed by atoms with E-state index in [1.165, 1.54) is 42.9 Å². The maximum Gasteiger partial charge on any atom is 0.359 e. The zero-order chi connectivity index (χ0) is 29.4. The molecule has 3 aromatic rings. The average molecular weight is 554 g/mol. The molecule has 11 nitrogen and oxygen atoms in total. The number of nitrogens with zero attached hydrogens (tertiary/aromatic N) is 3. The summed E-state index contributed by atoms with van der Waals surface area (Å²) in [7, 11) is 2.84. The third-order valence-electron chi connectivity index (χ3n) is 6.40. The number of halogens is 1. The third-order valence-corrected chi connectivity index (χ3v) is 6.40. The molecule has 40 heavy (non-hydrogen) atoms. The van der Waals surface area contributed by atoms with Crippen molar-refractivity contribution in [2.75, 3.05) is 31.0 Å². The summed E-state index contributed by atoms with van der Waals surface area (Å²) >= 11 is 0. The normalized spacial score (nSPS) is 14.8. The summed E-state index contributed by atoms with van der Waals surface area (Å²) < 4.78 is 32.6. The van der Waals surface area contributed by atoms with Crippen molar-refractivity contribution < 1.29 is 33.0 Å². The minimum absolute atomic E-state index is 0.00513. The average Bonchev–Trinajstić information content (AvgIpc) is 3.30. The lowest BCUT2D eigenvalue weighted by Gasteiger charge is -2.32. The molecule has 0 spiro atoms. The number of fused-ring (bicyclic) bond motifs is 1. The summed E-state index contributed by atoms with van der Waals surface area (Å²) in [6.07, 6.45) is 0.275. The quantitative estimate of drug-likeness (QED) is 0.320. The predicted molar refractivity (Wildman–Crippen MR) is 145 cm³/mol. The SMILES string of the molecule is COc1ccc(-n2nc(C(N)=O)c3c2C(=O)N(c2ccc(NC(C)(OC)C(=O)OC(C)(C)C)c(F)c2)CC3)cc1. The standard InChI is InChI=1S/C28H32FN5O6/c1-27(2,3)40-26(37)28(4,39-6)31-21-12-9-17(15-20(21)29)33-14-13-19-22(24(30)35)32-34(23(19)25(33)36)16-7-10-18(38-5)11-8-16/h7-12,15,31H,13-14H2,1-6H3,(H2,30,35). The van der Waals surface area contributed by atoms with Gasteiger partial charge in [-0.1, -0.05) is 0 Å². The van der Waals surface area contributed by atoms with Gasteiger partial charge >= 0.3 is 5.97 Å². The van der Waals surface area contributed by atoms with E-state index in [4.69, 9.17) is 19.9 Å². The molecule has 1 aliphatic rings. The number of carbonyl (C=O) groups is 3. The van der Waals surface area contributed by atoms with E-state index in [-0.39, 0.29) is 35.7 Å². The first-order valence-corrected chi connectivity index (χ1v) is 12.5. The van der Waals surface area contributed by atoms with Crippen LogP contribution in [0.25, 0.3) is 5.69 Å². The summed E-state index contributed by atoms with van der Waals surface area (Å²) in [5, 5.41) is 7.09. The van der Waals surface area contributed by atoms with E-state index in [0.29, 0.717) is 17.0 Å². The first kappa shape index (κ1) is 28.6. The molecule has 0 radical (unpaired) electrons. The number of amides is 2. The number of nitrogens with two attached hydrogens (primary N) is 1. The monoisotopic (exact) mass is 553 g/mol. The van der Waals surface area contributed by atoms with Crippen molar-refractivity contribution in [2.45, 2.75) is 45.4 Å². The van der Waals surface area contributed by atoms with Crippen LogP contribution in [0.15, 0.2) is 42.5 Å². The topological polar surface area (TPSA) is 138 Å². The van der Waals surface area contributed by atoms with E-state index in [1.807, 2.05) is 0 Å². The molecular formula is C28H32FN5O6. The highest BCUT2D eigenvalue weighted by molar-refractivity contribution is 6.09. The Morgan fingerprint density at radius 3 is 2.25 bits per heavy atom. The predicted octanol–water partition coefficient (Wildman–Crippen LogP) is 3.44. The Morgan fingerprint density at radius 1 is 1.05 bits per heavy atom. The second kappa shape index (κ2) is 10.6. The molecule has 0 fully saturated rings. The van der Waals surface area contributed by atoms with Gasteiger partial charge in [0.05, 0.1) is 18.5 Å². The number of rotatable bonds is 8. The minimum atomic E-state index is -1.67. The van der Waals surface area contributed by atoms with E-state index < -0.39 is 34.9 Å². The van der Waals surface area contributed by atoms with E-state index in [1.54, 1.807) is 51.1 Å². The number of ether oxygens (including phenoxy) is 3. The van der Waals surface area contributed by atoms with Crippen LogP contribution >= 0.6 is 0 Å². The molecule has 4 rings (SSSR count). The van der Waals surface area contributed by atoms with E-state index in [0.717, 1.165) is 0 Å². The van der Waals surface area contributed by atoms with Crippen LogP contribution in [0.5, 0.6) is 5.75 Å². The molecule has 1 atom stereocenters. The number of carbonyl (C=O) groups excluding carboxylic acids is 3. The van der Waals surface area contributed by atoms with Gasteiger partial charge in [0.2, 0.25) is 5.72 Å². The summed E-state index contributed by atoms with van der Waals surface area (Å²) in [5.74, 6) is -2.07. The molecule has 0 saturated heterocycles. The van der Waals surface area contributed by atoms with Gasteiger partial charge in [-0.3, -0.25) is 9.59 Å². The maximum atomic E-state index is 15.3. The van der Waals surface area contributed by atoms with Crippen molar-refractivity contribution in [3.63, 3.8) is 0 Å². The zero-order valence-corrected chi connectivity index (χ0v) is 23.2. The van der Waals surface area contributed by atoms with Crippen molar-refractivity contribution in [1.29, 1.82) is 0 Å². The van der Waals surface area contributed by atoms with Gasteiger partial charge in [0.1, 0.15) is 22.9 Å². The number of benzene rings is 2. The Kier molecular flexibility index (Phi) is 7.57. The van der Waals surface area contributed by atoms with E-state index >= 15 is 4.39 Å². The molecule has 3 N–H and O–H groups in total. The van der Waals surface area contributed by atoms with Crippen molar-refractivity contribution in [2.24, 2.45) is 5.73 Å². The summed E-state index contributed by atoms with van der Waals surface area (Å²) in [6.45, 7) is 6.74. The van der Waals surface area contributed by atoms with Crippen LogP contribution in [-0.4, -0.2) is 59.7 Å². The molecule has 0 aliphatic carbocycles. The highest BCUT2D eigenvalue weighted by Gasteiger charge is 2.39. The molecule has 12 heteroatoms. The molecule has 0 bridgehead atoms. The Bertz CT molecular complexity index is 1460. The molecule has 1 aromatic heterocycles. The number of nitrogens with one attached hydrogen (secondary N) is 1. The molecule has 2 heterocycles. The number of hydrogen-bond acceptors (Lipinski definition) is 8. The van der Waals surface area contributed by atoms with Gasteiger partial charge in [0.25, 0.3) is 11.8 Å². The lowest BCUT2D eigenvalue weighted by atomic mass is 10.0. The van der Waals surface area contributed by atoms with Gasteiger partial charge < -0.3 is 30.2 Å². The fourth-order valence-corrected chi connectivity index (χ4v) is 4.31. The second-order valence-electron chi connectivity index (χ2n) is 10.4. The Morgan fingerprint density at radius 2 is 1.70 bits per heavy atom. The van der Waals surface area contributed by atoms with Crippen LogP contribution in [0.1, 0.15) is 54.2 Å². The number of methoxy groups -OCH3 is 2. The molecular weight excluding hydrogens is 521 g/mol. The van der Waals surface area contributed by atoms with E-state index in [9.17, 15) is 14.4 Å². The van der Waals surface area contributed by atoms with Gasteiger partial charge in [-0.05, 0) is 76.6 Å². The minimum Gasteiger partial charge on any atom is -0.497 e. The first-order valence-electron chi connectivity index (χ1n) is 12.5. The van der Waals surface area contributed by atoms with Crippen LogP contribution < -0.4 is 20.7 Å². The highest BCUT2D eigenvalue weighted by atomic mass is 19.1. The van der Waals surface area contributed by atoms with Crippen LogP contribution in [-0.2, 0) is 20.7 Å². The van der Waals surface area contributed by atoms with Gasteiger partial charge in [-0.15, -0.1) is 0 Å². The largest absolute Gasteiger partial charge is 0.497 e. The third kappa shape index (κ3) is 5.48. The van der Waals surface area contributed by atoms with Crippen LogP contribution in [0.2, 0.25) is 0 Å². The molecule has 1 aliphatic heterocycles. The van der Waals surface area contributed by atoms with Crippen molar-refractivity contribution in [3.05, 3.63) is 65.2 Å². The van der Waals surface area contributed by atoms with Crippen molar-refractivity contribution in [3.8, 4) is 11.4 Å². The van der Waals surface area contributed by atoms with Gasteiger partial charge in [-0.25, -0.2) is 13.9 Å². The number of anilines is 2. The Labute approximate surface area is 231 Å². The summed E-state index contributed by atoms with van der Waals surface area (Å²) in [6, 6.07) is 10.9. The Balaban J connectivity index is 1.66. The molecule has 0 saturated carbocycles. The second-order valence-corrected chi connectivity index (χ2v) is 10.4. The van der Waals surface area contributed by atoms with Gasteiger partial charge in [0, 0.05) is 24.9 Å². The number of esters is 1. The summed E-state index contributed by atoms with van der Waals surface area (Å²) in [4.78, 5) is 40.0. The van der Waals surface area contributed by atoms with Gasteiger partial charge in [-0.2, -0.15) is 5.10 Å². The zero-order valence-electron chi connectivity index (χ0n) is 23.2.